The number of nitrogens with zero attached hydrogens (tertiary/aromatic N) is 1. The first-order chi connectivity index (χ1) is 37.5. The van der Waals surface area contributed by atoms with Crippen molar-refractivity contribution in [2.75, 3.05) is 47.5 Å². The Labute approximate surface area is 476 Å². The molecule has 0 spiro atoms. The van der Waals surface area contributed by atoms with Crippen molar-refractivity contribution in [3.8, 4) is 0 Å². The van der Waals surface area contributed by atoms with Gasteiger partial charge in [-0.05, 0) is 64.2 Å². The van der Waals surface area contributed by atoms with Crippen LogP contribution in [0.1, 0.15) is 290 Å². The summed E-state index contributed by atoms with van der Waals surface area (Å²) in [5.74, 6) is -0.788. The van der Waals surface area contributed by atoms with Gasteiger partial charge in [-0.1, -0.05) is 286 Å². The second-order valence-corrected chi connectivity index (χ2v) is 24.2. The Morgan fingerprint density at radius 1 is 0.416 bits per heavy atom. The Kier molecular flexibility index (Phi) is 56.2. The fourth-order valence-corrected chi connectivity index (χ4v) is 9.82. The van der Waals surface area contributed by atoms with Gasteiger partial charge < -0.3 is 18.9 Å². The molecule has 0 radical (unpaired) electrons. The predicted molar refractivity (Wildman–Crippen MR) is 330 cm³/mol. The lowest BCUT2D eigenvalue weighted by atomic mass is 10.0. The van der Waals surface area contributed by atoms with E-state index < -0.39 is 26.5 Å². The number of phosphoric ester groups is 1. The number of ether oxygens (including phenoxy) is 2. The molecule has 0 amide bonds. The molecular formula is C67H123NO8P+. The van der Waals surface area contributed by atoms with Crippen LogP contribution in [-0.2, 0) is 32.7 Å². The third-order valence-electron chi connectivity index (χ3n) is 14.0. The number of hydrogen-bond acceptors (Lipinski definition) is 7. The fraction of sp³-hybridized carbons (Fsp3) is 0.791. The maximum absolute atomic E-state index is 12.9. The topological polar surface area (TPSA) is 108 Å². The van der Waals surface area contributed by atoms with E-state index in [1.807, 2.05) is 21.1 Å². The molecule has 0 saturated carbocycles. The zero-order valence-corrected chi connectivity index (χ0v) is 51.8. The van der Waals surface area contributed by atoms with Gasteiger partial charge in [0.25, 0.3) is 0 Å². The smallest absolute Gasteiger partial charge is 0.462 e. The SMILES string of the molecule is CC/C=C\C/C=C\C/C=C\C/C=C\C/C=C\C/C=C\CCCCCCCCCCCCCCC(=O)OC(COC(=O)CCCCCCCCCCCCCCCCCCCCCCCC)COP(=O)(O)OCC[N+](C)(C)C. The molecule has 0 rings (SSSR count). The van der Waals surface area contributed by atoms with Crippen LogP contribution in [0.2, 0.25) is 0 Å². The van der Waals surface area contributed by atoms with E-state index in [9.17, 15) is 19.0 Å². The number of carbonyl (C=O) groups is 2. The normalized spacial score (nSPS) is 13.7. The zero-order valence-electron chi connectivity index (χ0n) is 50.9. The highest BCUT2D eigenvalue weighted by atomic mass is 31.2. The average molecular weight is 1100 g/mol. The molecule has 0 aliphatic heterocycles. The molecule has 0 heterocycles. The quantitative estimate of drug-likeness (QED) is 0.0211. The number of hydrogen-bond donors (Lipinski definition) is 1. The average Bonchev–Trinajstić information content (AvgIpc) is 3.39. The summed E-state index contributed by atoms with van der Waals surface area (Å²) in [4.78, 5) is 35.8. The van der Waals surface area contributed by atoms with Gasteiger partial charge in [-0.3, -0.25) is 18.6 Å². The minimum Gasteiger partial charge on any atom is -0.462 e. The van der Waals surface area contributed by atoms with Gasteiger partial charge in [-0.25, -0.2) is 4.57 Å². The molecule has 0 aliphatic carbocycles. The van der Waals surface area contributed by atoms with E-state index in [1.165, 1.54) is 180 Å². The number of carbonyl (C=O) groups excluding carboxylic acids is 2. The summed E-state index contributed by atoms with van der Waals surface area (Å²) in [6, 6.07) is 0. The number of rotatable bonds is 59. The summed E-state index contributed by atoms with van der Waals surface area (Å²) in [5, 5.41) is 0. The first kappa shape index (κ1) is 74.5. The molecule has 448 valence electrons. The molecule has 1 N–H and O–H groups in total. The molecule has 0 aromatic carbocycles. The standard InChI is InChI=1S/C67H122NO8P/c1-6-8-10-12-14-16-18-20-22-24-26-28-30-31-32-33-34-35-36-37-38-40-42-44-46-48-50-52-54-56-58-60-67(70)76-65(64-75-77(71,72)74-62-61-68(3,4)5)63-73-66(69)59-57-55-53-51-49-47-45-43-41-39-29-27-25-23-21-19-17-15-13-11-9-7-2/h8,10,14,16,20,22,26,28,31-32,34-35,65H,6-7,9,11-13,15,17-19,21,23-25,27,29-30,33,36-64H2,1-5H3/p+1/b10-8-,16-14-,22-20-,28-26-,32-31-,35-34-. The number of esters is 2. The minimum absolute atomic E-state index is 0.0308. The lowest BCUT2D eigenvalue weighted by molar-refractivity contribution is -0.870. The van der Waals surface area contributed by atoms with Crippen molar-refractivity contribution >= 4 is 19.8 Å². The van der Waals surface area contributed by atoms with Crippen LogP contribution in [0, 0.1) is 0 Å². The molecule has 2 unspecified atom stereocenters. The van der Waals surface area contributed by atoms with Crippen LogP contribution >= 0.6 is 7.82 Å². The summed E-state index contributed by atoms with van der Waals surface area (Å²) in [6.07, 6.45) is 77.0. The molecule has 0 aromatic heterocycles. The third-order valence-corrected chi connectivity index (χ3v) is 15.0. The summed E-state index contributed by atoms with van der Waals surface area (Å²) in [7, 11) is 1.48. The Morgan fingerprint density at radius 2 is 0.740 bits per heavy atom. The maximum atomic E-state index is 12.9. The van der Waals surface area contributed by atoms with E-state index in [2.05, 4.69) is 86.8 Å². The van der Waals surface area contributed by atoms with Gasteiger partial charge in [0, 0.05) is 12.8 Å². The van der Waals surface area contributed by atoms with E-state index in [4.69, 9.17) is 18.5 Å². The molecule has 0 aliphatic rings. The second-order valence-electron chi connectivity index (χ2n) is 22.8. The Balaban J connectivity index is 4.09. The second kappa shape index (κ2) is 58.1. The van der Waals surface area contributed by atoms with E-state index in [1.54, 1.807) is 0 Å². The lowest BCUT2D eigenvalue weighted by Crippen LogP contribution is -2.37. The van der Waals surface area contributed by atoms with Gasteiger partial charge in [-0.15, -0.1) is 0 Å². The van der Waals surface area contributed by atoms with E-state index in [0.717, 1.165) is 77.0 Å². The highest BCUT2D eigenvalue weighted by molar-refractivity contribution is 7.47. The molecule has 0 aromatic rings. The Hall–Kier alpha value is -2.55. The number of allylic oxidation sites excluding steroid dienone is 12. The number of quaternary nitrogens is 1. The molecular weight excluding hydrogens is 978 g/mol. The fourth-order valence-electron chi connectivity index (χ4n) is 9.08. The molecule has 2 atom stereocenters. The first-order valence-corrected chi connectivity index (χ1v) is 33.7. The van der Waals surface area contributed by atoms with E-state index >= 15 is 0 Å². The largest absolute Gasteiger partial charge is 0.472 e. The number of phosphoric acid groups is 1. The number of unbranched alkanes of at least 4 members (excludes halogenated alkanes) is 33. The molecule has 0 bridgehead atoms. The van der Waals surface area contributed by atoms with Crippen LogP contribution in [-0.4, -0.2) is 74.9 Å². The Morgan fingerprint density at radius 3 is 1.10 bits per heavy atom. The van der Waals surface area contributed by atoms with Crippen molar-refractivity contribution < 1.29 is 42.1 Å². The molecule has 0 fully saturated rings. The summed E-state index contributed by atoms with van der Waals surface area (Å²) < 4.78 is 34.7. The van der Waals surface area contributed by atoms with Crippen molar-refractivity contribution in [2.45, 2.75) is 296 Å². The van der Waals surface area contributed by atoms with Gasteiger partial charge in [-0.2, -0.15) is 0 Å². The molecule has 77 heavy (non-hydrogen) atoms. The van der Waals surface area contributed by atoms with Crippen LogP contribution in [0.4, 0.5) is 0 Å². The summed E-state index contributed by atoms with van der Waals surface area (Å²) in [6.45, 7) is 4.36. The highest BCUT2D eigenvalue weighted by Crippen LogP contribution is 2.43. The molecule has 10 heteroatoms. The summed E-state index contributed by atoms with van der Waals surface area (Å²) in [5.41, 5.74) is 0. The minimum atomic E-state index is -4.39. The van der Waals surface area contributed by atoms with Crippen LogP contribution < -0.4 is 0 Å². The zero-order chi connectivity index (χ0) is 56.3. The van der Waals surface area contributed by atoms with E-state index in [-0.39, 0.29) is 25.6 Å². The number of likely N-dealkylation sites (N-methyl/N-ethyl adjacent to an activating group) is 1. The third kappa shape index (κ3) is 62.5. The van der Waals surface area contributed by atoms with Crippen molar-refractivity contribution in [3.63, 3.8) is 0 Å². The maximum Gasteiger partial charge on any atom is 0.472 e. The van der Waals surface area contributed by atoms with Gasteiger partial charge >= 0.3 is 19.8 Å². The predicted octanol–water partition coefficient (Wildman–Crippen LogP) is 20.4. The van der Waals surface area contributed by atoms with Crippen LogP contribution in [0.3, 0.4) is 0 Å². The van der Waals surface area contributed by atoms with Gasteiger partial charge in [0.1, 0.15) is 19.8 Å². The van der Waals surface area contributed by atoms with Crippen molar-refractivity contribution in [1.29, 1.82) is 0 Å². The van der Waals surface area contributed by atoms with Crippen LogP contribution in [0.5, 0.6) is 0 Å². The Bertz CT molecular complexity index is 1530. The lowest BCUT2D eigenvalue weighted by Gasteiger charge is -2.24. The first-order valence-electron chi connectivity index (χ1n) is 32.2. The highest BCUT2D eigenvalue weighted by Gasteiger charge is 2.27. The molecule has 0 saturated heterocycles. The van der Waals surface area contributed by atoms with E-state index in [0.29, 0.717) is 23.9 Å². The van der Waals surface area contributed by atoms with Crippen molar-refractivity contribution in [3.05, 3.63) is 72.9 Å². The van der Waals surface area contributed by atoms with Gasteiger partial charge in [0.2, 0.25) is 0 Å². The van der Waals surface area contributed by atoms with Crippen molar-refractivity contribution in [2.24, 2.45) is 0 Å². The van der Waals surface area contributed by atoms with Gasteiger partial charge in [0.15, 0.2) is 6.10 Å². The van der Waals surface area contributed by atoms with Crippen LogP contribution in [0.25, 0.3) is 0 Å². The van der Waals surface area contributed by atoms with Gasteiger partial charge in [0.05, 0.1) is 27.7 Å². The molecule has 9 nitrogen and oxygen atoms in total. The monoisotopic (exact) mass is 1100 g/mol. The van der Waals surface area contributed by atoms with Crippen molar-refractivity contribution in [1.82, 2.24) is 0 Å². The summed E-state index contributed by atoms with van der Waals surface area (Å²) >= 11 is 0. The van der Waals surface area contributed by atoms with Crippen LogP contribution in [0.15, 0.2) is 72.9 Å².